The molecule has 0 aromatic heterocycles. The summed E-state index contributed by atoms with van der Waals surface area (Å²) in [5, 5.41) is 2.95. The van der Waals surface area contributed by atoms with E-state index in [-0.39, 0.29) is 23.4 Å². The van der Waals surface area contributed by atoms with Crippen LogP contribution in [0.5, 0.6) is 0 Å². The maximum absolute atomic E-state index is 11.4. The van der Waals surface area contributed by atoms with E-state index in [1.165, 1.54) is 12.5 Å². The van der Waals surface area contributed by atoms with Crippen LogP contribution >= 0.6 is 0 Å². The van der Waals surface area contributed by atoms with E-state index in [1.54, 1.807) is 0 Å². The smallest absolute Gasteiger partial charge is 0.217 e. The van der Waals surface area contributed by atoms with E-state index in [9.17, 15) is 4.79 Å². The normalized spacial score (nSPS) is 19.6. The first kappa shape index (κ1) is 15.5. The van der Waals surface area contributed by atoms with Gasteiger partial charge in [0.2, 0.25) is 11.8 Å². The van der Waals surface area contributed by atoms with Crippen LogP contribution < -0.4 is 5.32 Å². The molecule has 1 aromatic carbocycles. The number of aliphatic imine (C=N–C) groups is 1. The number of carbonyl (C=O) groups is 1. The molecule has 2 rings (SSSR count). The van der Waals surface area contributed by atoms with Crippen LogP contribution in [0.25, 0.3) is 0 Å². The molecule has 0 bridgehead atoms. The monoisotopic (exact) mass is 288 g/mol. The van der Waals surface area contributed by atoms with Gasteiger partial charge in [0.1, 0.15) is 12.6 Å². The lowest BCUT2D eigenvalue weighted by atomic mass is 9.86. The van der Waals surface area contributed by atoms with E-state index in [4.69, 9.17) is 4.74 Å². The first-order chi connectivity index (χ1) is 9.86. The number of carbonyl (C=O) groups excluding carboxylic acids is 1. The zero-order chi connectivity index (χ0) is 15.5. The van der Waals surface area contributed by atoms with Crippen molar-refractivity contribution in [3.63, 3.8) is 0 Å². The highest BCUT2D eigenvalue weighted by Crippen LogP contribution is 2.24. The minimum absolute atomic E-state index is 0.0623. The Hall–Kier alpha value is -1.84. The highest BCUT2D eigenvalue weighted by Gasteiger charge is 2.35. The van der Waals surface area contributed by atoms with Crippen molar-refractivity contribution in [2.24, 2.45) is 10.4 Å². The van der Waals surface area contributed by atoms with Crippen molar-refractivity contribution < 1.29 is 9.53 Å². The summed E-state index contributed by atoms with van der Waals surface area (Å²) in [6, 6.07) is 10.2. The summed E-state index contributed by atoms with van der Waals surface area (Å²) in [6.07, 6.45) is 0.862. The number of nitrogens with one attached hydrogen (secondary N) is 1. The molecule has 114 valence electrons. The average molecular weight is 288 g/mol. The van der Waals surface area contributed by atoms with Gasteiger partial charge in [-0.15, -0.1) is 0 Å². The summed E-state index contributed by atoms with van der Waals surface area (Å²) in [5.74, 6) is 0.589. The van der Waals surface area contributed by atoms with Gasteiger partial charge >= 0.3 is 0 Å². The van der Waals surface area contributed by atoms with Gasteiger partial charge in [-0.05, 0) is 17.4 Å². The molecular weight excluding hydrogens is 264 g/mol. The summed E-state index contributed by atoms with van der Waals surface area (Å²) in [7, 11) is 0. The molecule has 0 aliphatic carbocycles. The van der Waals surface area contributed by atoms with Gasteiger partial charge in [-0.1, -0.05) is 51.1 Å². The van der Waals surface area contributed by atoms with Crippen LogP contribution in [0.4, 0.5) is 0 Å². The van der Waals surface area contributed by atoms with E-state index < -0.39 is 0 Å². The summed E-state index contributed by atoms with van der Waals surface area (Å²) < 4.78 is 5.76. The van der Waals surface area contributed by atoms with Crippen molar-refractivity contribution >= 4 is 11.8 Å². The zero-order valence-corrected chi connectivity index (χ0v) is 13.2. The largest absolute Gasteiger partial charge is 0.477 e. The Morgan fingerprint density at radius 3 is 2.62 bits per heavy atom. The van der Waals surface area contributed by atoms with Crippen molar-refractivity contribution in [1.82, 2.24) is 5.32 Å². The number of amides is 1. The summed E-state index contributed by atoms with van der Waals surface area (Å²) in [6.45, 7) is 8.32. The fourth-order valence-corrected chi connectivity index (χ4v) is 2.44. The maximum atomic E-state index is 11.4. The lowest BCUT2D eigenvalue weighted by Crippen LogP contribution is -2.48. The fourth-order valence-electron chi connectivity index (χ4n) is 2.44. The first-order valence-electron chi connectivity index (χ1n) is 7.38. The van der Waals surface area contributed by atoms with Gasteiger partial charge in [-0.3, -0.25) is 4.79 Å². The van der Waals surface area contributed by atoms with Crippen LogP contribution in [-0.4, -0.2) is 30.5 Å². The summed E-state index contributed by atoms with van der Waals surface area (Å²) in [4.78, 5) is 16.1. The minimum atomic E-state index is -0.184. The van der Waals surface area contributed by atoms with Crippen LogP contribution in [0.15, 0.2) is 35.3 Å². The number of hydrogen-bond acceptors (Lipinski definition) is 3. The van der Waals surface area contributed by atoms with Crippen molar-refractivity contribution in [2.45, 2.75) is 46.2 Å². The van der Waals surface area contributed by atoms with Crippen molar-refractivity contribution in [3.05, 3.63) is 35.9 Å². The van der Waals surface area contributed by atoms with Crippen LogP contribution in [0.1, 0.15) is 33.3 Å². The molecule has 21 heavy (non-hydrogen) atoms. The van der Waals surface area contributed by atoms with Crippen LogP contribution in [0.3, 0.4) is 0 Å². The predicted molar refractivity (Wildman–Crippen MR) is 84.4 cm³/mol. The Balaban J connectivity index is 2.09. The molecule has 2 atom stereocenters. The second-order valence-electron chi connectivity index (χ2n) is 6.62. The van der Waals surface area contributed by atoms with E-state index in [0.29, 0.717) is 12.5 Å². The van der Waals surface area contributed by atoms with Crippen molar-refractivity contribution in [3.8, 4) is 0 Å². The highest BCUT2D eigenvalue weighted by molar-refractivity contribution is 5.88. The molecule has 1 heterocycles. The topological polar surface area (TPSA) is 50.7 Å². The summed E-state index contributed by atoms with van der Waals surface area (Å²) >= 11 is 0. The lowest BCUT2D eigenvalue weighted by molar-refractivity contribution is -0.119. The third-order valence-electron chi connectivity index (χ3n) is 3.51. The molecule has 1 aliphatic rings. The zero-order valence-electron chi connectivity index (χ0n) is 13.2. The number of ether oxygens (including phenoxy) is 1. The van der Waals surface area contributed by atoms with E-state index >= 15 is 0 Å². The van der Waals surface area contributed by atoms with Gasteiger partial charge < -0.3 is 10.1 Å². The van der Waals surface area contributed by atoms with Crippen LogP contribution in [0, 0.1) is 5.41 Å². The maximum Gasteiger partial charge on any atom is 0.217 e. The van der Waals surface area contributed by atoms with E-state index in [2.05, 4.69) is 43.2 Å². The molecule has 1 amide bonds. The van der Waals surface area contributed by atoms with Gasteiger partial charge in [0, 0.05) is 6.92 Å². The number of hydrogen-bond donors (Lipinski definition) is 1. The predicted octanol–water partition coefficient (Wildman–Crippen LogP) is 2.58. The minimum Gasteiger partial charge on any atom is -0.477 e. The molecular formula is C17H24N2O2. The molecule has 0 saturated carbocycles. The number of nitrogens with zero attached hydrogens (tertiary/aromatic N) is 1. The Kier molecular flexibility index (Phi) is 4.66. The Morgan fingerprint density at radius 2 is 2.05 bits per heavy atom. The van der Waals surface area contributed by atoms with Crippen molar-refractivity contribution in [2.75, 3.05) is 6.61 Å². The first-order valence-corrected chi connectivity index (χ1v) is 7.38. The number of benzene rings is 1. The third kappa shape index (κ3) is 4.31. The molecule has 1 N–H and O–H groups in total. The quantitative estimate of drug-likeness (QED) is 0.925. The molecule has 1 aromatic rings. The van der Waals surface area contributed by atoms with Gasteiger partial charge in [-0.25, -0.2) is 4.99 Å². The van der Waals surface area contributed by atoms with Gasteiger partial charge in [0.05, 0.1) is 6.04 Å². The highest BCUT2D eigenvalue weighted by atomic mass is 16.5. The van der Waals surface area contributed by atoms with Gasteiger partial charge in [0.15, 0.2) is 0 Å². The molecule has 0 saturated heterocycles. The second-order valence-corrected chi connectivity index (χ2v) is 6.62. The SMILES string of the molecule is CC(=O)NC(C1=NC(Cc2ccccc2)CO1)C(C)(C)C. The average Bonchev–Trinajstić information content (AvgIpc) is 2.84. The molecule has 4 nitrogen and oxygen atoms in total. The lowest BCUT2D eigenvalue weighted by Gasteiger charge is -2.30. The molecule has 0 fully saturated rings. The van der Waals surface area contributed by atoms with Gasteiger partial charge in [0.25, 0.3) is 0 Å². The van der Waals surface area contributed by atoms with Crippen LogP contribution in [0.2, 0.25) is 0 Å². The number of rotatable bonds is 4. The Morgan fingerprint density at radius 1 is 1.38 bits per heavy atom. The second kappa shape index (κ2) is 6.29. The molecule has 1 aliphatic heterocycles. The Labute approximate surface area is 126 Å². The third-order valence-corrected chi connectivity index (χ3v) is 3.51. The standard InChI is InChI=1S/C17H24N2O2/c1-12(20)18-15(17(2,3)4)16-19-14(11-21-16)10-13-8-6-5-7-9-13/h5-9,14-15H,10-11H2,1-4H3,(H,18,20). The van der Waals surface area contributed by atoms with E-state index in [0.717, 1.165) is 6.42 Å². The van der Waals surface area contributed by atoms with E-state index in [1.807, 2.05) is 18.2 Å². The Bertz CT molecular complexity index is 517. The van der Waals surface area contributed by atoms with Crippen LogP contribution in [-0.2, 0) is 16.0 Å². The van der Waals surface area contributed by atoms with Gasteiger partial charge in [-0.2, -0.15) is 0 Å². The molecule has 0 radical (unpaired) electrons. The molecule has 4 heteroatoms. The molecule has 0 spiro atoms. The van der Waals surface area contributed by atoms with Crippen molar-refractivity contribution in [1.29, 1.82) is 0 Å². The molecule has 2 unspecified atom stereocenters. The fraction of sp³-hybridized carbons (Fsp3) is 0.529. The summed E-state index contributed by atoms with van der Waals surface area (Å²) in [5.41, 5.74) is 1.12.